The highest BCUT2D eigenvalue weighted by molar-refractivity contribution is 5.99. The van der Waals surface area contributed by atoms with Crippen molar-refractivity contribution in [2.75, 3.05) is 23.7 Å². The summed E-state index contributed by atoms with van der Waals surface area (Å²) in [6.07, 6.45) is 1.10. The van der Waals surface area contributed by atoms with E-state index in [1.165, 1.54) is 11.1 Å². The number of hydrogen-bond acceptors (Lipinski definition) is 2. The zero-order valence-electron chi connectivity index (χ0n) is 12.7. The van der Waals surface area contributed by atoms with Gasteiger partial charge in [-0.25, -0.2) is 4.79 Å². The van der Waals surface area contributed by atoms with Crippen LogP contribution in [0.5, 0.6) is 0 Å². The minimum Gasteiger partial charge on any atom is -0.316 e. The van der Waals surface area contributed by atoms with E-state index in [-0.39, 0.29) is 6.03 Å². The van der Waals surface area contributed by atoms with Gasteiger partial charge in [-0.2, -0.15) is 0 Å². The second-order valence-electron chi connectivity index (χ2n) is 5.87. The van der Waals surface area contributed by atoms with Crippen LogP contribution in [0.4, 0.5) is 16.2 Å². The van der Waals surface area contributed by atoms with Crippen molar-refractivity contribution in [1.82, 2.24) is 5.32 Å². The summed E-state index contributed by atoms with van der Waals surface area (Å²) in [5.41, 5.74) is 4.08. The molecule has 0 spiro atoms. The van der Waals surface area contributed by atoms with Crippen LogP contribution in [0.15, 0.2) is 48.5 Å². The summed E-state index contributed by atoms with van der Waals surface area (Å²) in [6.45, 7) is 4.24. The summed E-state index contributed by atoms with van der Waals surface area (Å²) in [7, 11) is 0. The minimum absolute atomic E-state index is 0.222. The molecular formula is C18H21N3O. The Balaban J connectivity index is 1.53. The molecule has 3 rings (SSSR count). The number of amides is 2. The molecule has 1 saturated heterocycles. The molecule has 22 heavy (non-hydrogen) atoms. The summed E-state index contributed by atoms with van der Waals surface area (Å²) in [5, 5.41) is 8.96. The number of hydrogen-bond donors (Lipinski definition) is 3. The Morgan fingerprint density at radius 2 is 1.55 bits per heavy atom. The Kier molecular flexibility index (Phi) is 4.39. The van der Waals surface area contributed by atoms with Gasteiger partial charge in [-0.3, -0.25) is 0 Å². The van der Waals surface area contributed by atoms with Gasteiger partial charge in [0.05, 0.1) is 0 Å². The van der Waals surface area contributed by atoms with Crippen LogP contribution in [0.25, 0.3) is 0 Å². The van der Waals surface area contributed by atoms with Crippen molar-refractivity contribution in [3.63, 3.8) is 0 Å². The van der Waals surface area contributed by atoms with Gasteiger partial charge in [0.25, 0.3) is 0 Å². The predicted octanol–water partition coefficient (Wildman–Crippen LogP) is 3.40. The number of nitrogens with one attached hydrogen (secondary N) is 3. The lowest BCUT2D eigenvalue weighted by molar-refractivity contribution is 0.262. The number of benzene rings is 2. The van der Waals surface area contributed by atoms with Crippen LogP contribution in [0.2, 0.25) is 0 Å². The van der Waals surface area contributed by atoms with Crippen molar-refractivity contribution >= 4 is 17.4 Å². The molecule has 4 nitrogen and oxygen atoms in total. The average molecular weight is 295 g/mol. The normalized spacial score (nSPS) is 14.2. The molecule has 1 heterocycles. The van der Waals surface area contributed by atoms with E-state index >= 15 is 0 Å². The van der Waals surface area contributed by atoms with E-state index in [2.05, 4.69) is 28.1 Å². The first-order valence-corrected chi connectivity index (χ1v) is 7.63. The number of carbonyl (C=O) groups excluding carboxylic acids is 1. The molecule has 114 valence electrons. The summed E-state index contributed by atoms with van der Waals surface area (Å²) >= 11 is 0. The van der Waals surface area contributed by atoms with Gasteiger partial charge in [0.1, 0.15) is 0 Å². The van der Waals surface area contributed by atoms with Crippen LogP contribution in [-0.2, 0) is 6.42 Å². The first-order valence-electron chi connectivity index (χ1n) is 7.63. The summed E-state index contributed by atoms with van der Waals surface area (Å²) in [5.74, 6) is 0.753. The molecule has 0 bridgehead atoms. The summed E-state index contributed by atoms with van der Waals surface area (Å²) < 4.78 is 0. The predicted molar refractivity (Wildman–Crippen MR) is 90.3 cm³/mol. The molecule has 2 aromatic rings. The number of aryl methyl sites for hydroxylation is 1. The third-order valence-electron chi connectivity index (χ3n) is 3.91. The van der Waals surface area contributed by atoms with Crippen LogP contribution in [0.1, 0.15) is 11.1 Å². The number of anilines is 2. The topological polar surface area (TPSA) is 53.2 Å². The van der Waals surface area contributed by atoms with Crippen LogP contribution >= 0.6 is 0 Å². The quantitative estimate of drug-likeness (QED) is 0.809. The Morgan fingerprint density at radius 3 is 2.05 bits per heavy atom. The largest absolute Gasteiger partial charge is 0.323 e. The van der Waals surface area contributed by atoms with E-state index in [4.69, 9.17) is 0 Å². The maximum atomic E-state index is 12.0. The van der Waals surface area contributed by atoms with E-state index in [1.807, 2.05) is 43.3 Å². The van der Waals surface area contributed by atoms with Gasteiger partial charge in [-0.1, -0.05) is 29.8 Å². The van der Waals surface area contributed by atoms with Gasteiger partial charge in [0, 0.05) is 11.4 Å². The molecule has 1 aliphatic rings. The lowest BCUT2D eigenvalue weighted by atomic mass is 9.94. The number of rotatable bonds is 4. The van der Waals surface area contributed by atoms with Crippen LogP contribution < -0.4 is 16.0 Å². The summed E-state index contributed by atoms with van der Waals surface area (Å²) in [4.78, 5) is 12.0. The van der Waals surface area contributed by atoms with E-state index in [1.54, 1.807) is 0 Å². The maximum absolute atomic E-state index is 12.0. The van der Waals surface area contributed by atoms with Gasteiger partial charge in [0.2, 0.25) is 0 Å². The van der Waals surface area contributed by atoms with Crippen molar-refractivity contribution in [1.29, 1.82) is 0 Å². The Bertz CT molecular complexity index is 630. The lowest BCUT2D eigenvalue weighted by Gasteiger charge is -2.27. The molecule has 0 atom stereocenters. The molecule has 2 amide bonds. The van der Waals surface area contributed by atoms with Crippen LogP contribution in [0, 0.1) is 12.8 Å². The van der Waals surface area contributed by atoms with E-state index in [0.717, 1.165) is 36.8 Å². The number of carbonyl (C=O) groups is 1. The van der Waals surface area contributed by atoms with Crippen molar-refractivity contribution in [2.24, 2.45) is 5.92 Å². The molecule has 0 saturated carbocycles. The fourth-order valence-corrected chi connectivity index (χ4v) is 2.48. The zero-order valence-corrected chi connectivity index (χ0v) is 12.7. The minimum atomic E-state index is -0.222. The first-order chi connectivity index (χ1) is 10.7. The molecule has 3 N–H and O–H groups in total. The lowest BCUT2D eigenvalue weighted by Crippen LogP contribution is -2.43. The molecule has 4 heteroatoms. The molecule has 0 radical (unpaired) electrons. The third-order valence-corrected chi connectivity index (χ3v) is 3.91. The Labute approximate surface area is 130 Å². The van der Waals surface area contributed by atoms with E-state index < -0.39 is 0 Å². The van der Waals surface area contributed by atoms with Crippen molar-refractivity contribution in [2.45, 2.75) is 13.3 Å². The molecule has 1 fully saturated rings. The smallest absolute Gasteiger partial charge is 0.316 e. The standard InChI is InChI=1S/C18H21N3O/c1-13-2-6-16(7-3-13)20-18(22)21-17-8-4-14(5-9-17)10-15-11-19-12-15/h2-9,15,19H,10-12H2,1H3,(H2,20,21,22). The monoisotopic (exact) mass is 295 g/mol. The van der Waals surface area contributed by atoms with Crippen molar-refractivity contribution in [3.8, 4) is 0 Å². The van der Waals surface area contributed by atoms with E-state index in [0.29, 0.717) is 0 Å². The Morgan fingerprint density at radius 1 is 1.00 bits per heavy atom. The van der Waals surface area contributed by atoms with Crippen molar-refractivity contribution in [3.05, 3.63) is 59.7 Å². The zero-order chi connectivity index (χ0) is 15.4. The summed E-state index contributed by atoms with van der Waals surface area (Å²) in [6, 6.07) is 15.6. The van der Waals surface area contributed by atoms with Crippen LogP contribution in [-0.4, -0.2) is 19.1 Å². The average Bonchev–Trinajstić information content (AvgIpc) is 2.47. The van der Waals surface area contributed by atoms with Crippen molar-refractivity contribution < 1.29 is 4.79 Å². The third kappa shape index (κ3) is 3.86. The highest BCUT2D eigenvalue weighted by atomic mass is 16.2. The number of urea groups is 1. The Hall–Kier alpha value is -2.33. The van der Waals surface area contributed by atoms with Gasteiger partial charge >= 0.3 is 6.03 Å². The highest BCUT2D eigenvalue weighted by Gasteiger charge is 2.16. The SMILES string of the molecule is Cc1ccc(NC(=O)Nc2ccc(CC3CNC3)cc2)cc1. The fraction of sp³-hybridized carbons (Fsp3) is 0.278. The second-order valence-corrected chi connectivity index (χ2v) is 5.87. The molecule has 0 unspecified atom stereocenters. The van der Waals surface area contributed by atoms with E-state index in [9.17, 15) is 4.79 Å². The van der Waals surface area contributed by atoms with Gasteiger partial charge in [0.15, 0.2) is 0 Å². The molecule has 1 aliphatic heterocycles. The van der Waals surface area contributed by atoms with Gasteiger partial charge < -0.3 is 16.0 Å². The molecule has 2 aromatic carbocycles. The second kappa shape index (κ2) is 6.62. The first kappa shape index (κ1) is 14.6. The fourth-order valence-electron chi connectivity index (χ4n) is 2.48. The highest BCUT2D eigenvalue weighted by Crippen LogP contribution is 2.16. The maximum Gasteiger partial charge on any atom is 0.323 e. The van der Waals surface area contributed by atoms with Gasteiger partial charge in [-0.05, 0) is 62.2 Å². The molecule has 0 aliphatic carbocycles. The molecule has 0 aromatic heterocycles. The molecular weight excluding hydrogens is 274 g/mol. The van der Waals surface area contributed by atoms with Gasteiger partial charge in [-0.15, -0.1) is 0 Å². The van der Waals surface area contributed by atoms with Crippen LogP contribution in [0.3, 0.4) is 0 Å².